The van der Waals surface area contributed by atoms with Crippen LogP contribution in [0.4, 0.5) is 4.79 Å². The van der Waals surface area contributed by atoms with Crippen LogP contribution in [-0.4, -0.2) is 52.7 Å². The Morgan fingerprint density at radius 1 is 1.09 bits per heavy atom. The van der Waals surface area contributed by atoms with Gasteiger partial charge in [0.05, 0.1) is 0 Å². The van der Waals surface area contributed by atoms with E-state index in [1.54, 1.807) is 6.92 Å². The number of benzene rings is 2. The van der Waals surface area contributed by atoms with E-state index in [0.29, 0.717) is 19.4 Å². The minimum atomic E-state index is -1.26. The van der Waals surface area contributed by atoms with Crippen molar-refractivity contribution in [1.29, 1.82) is 0 Å². The van der Waals surface area contributed by atoms with Gasteiger partial charge >= 0.3 is 12.1 Å². The molecule has 2 aliphatic rings. The monoisotopic (exact) mass is 450 g/mol. The van der Waals surface area contributed by atoms with E-state index in [2.05, 4.69) is 17.4 Å². The fourth-order valence-electron chi connectivity index (χ4n) is 4.99. The molecule has 4 rings (SSSR count). The number of carbonyl (C=O) groups is 3. The maximum Gasteiger partial charge on any atom is 0.407 e. The number of carboxylic acids is 1. The minimum absolute atomic E-state index is 0.0785. The first-order valence-electron chi connectivity index (χ1n) is 11.4. The highest BCUT2D eigenvalue weighted by Crippen LogP contribution is 2.44. The fourth-order valence-corrected chi connectivity index (χ4v) is 4.99. The molecule has 33 heavy (non-hydrogen) atoms. The van der Waals surface area contributed by atoms with Crippen LogP contribution in [-0.2, 0) is 14.3 Å². The van der Waals surface area contributed by atoms with Gasteiger partial charge in [0.1, 0.15) is 18.2 Å². The van der Waals surface area contributed by atoms with E-state index < -0.39 is 23.6 Å². The summed E-state index contributed by atoms with van der Waals surface area (Å²) in [7, 11) is 0. The van der Waals surface area contributed by atoms with Crippen molar-refractivity contribution in [2.24, 2.45) is 5.92 Å². The highest BCUT2D eigenvalue weighted by atomic mass is 16.5. The third-order valence-corrected chi connectivity index (χ3v) is 6.92. The third-order valence-electron chi connectivity index (χ3n) is 6.92. The third kappa shape index (κ3) is 4.08. The van der Waals surface area contributed by atoms with Gasteiger partial charge in [-0.2, -0.15) is 0 Å². The van der Waals surface area contributed by atoms with Crippen LogP contribution in [0.15, 0.2) is 48.5 Å². The summed E-state index contributed by atoms with van der Waals surface area (Å²) >= 11 is 0. The predicted molar refractivity (Wildman–Crippen MR) is 124 cm³/mol. The van der Waals surface area contributed by atoms with Gasteiger partial charge in [-0.1, -0.05) is 62.4 Å². The van der Waals surface area contributed by atoms with Crippen LogP contribution in [0.3, 0.4) is 0 Å². The molecule has 0 radical (unpaired) electrons. The largest absolute Gasteiger partial charge is 0.480 e. The topological polar surface area (TPSA) is 95.9 Å². The van der Waals surface area contributed by atoms with Crippen LogP contribution in [0.25, 0.3) is 11.1 Å². The van der Waals surface area contributed by atoms with E-state index >= 15 is 0 Å². The molecule has 7 nitrogen and oxygen atoms in total. The van der Waals surface area contributed by atoms with Gasteiger partial charge < -0.3 is 20.1 Å². The summed E-state index contributed by atoms with van der Waals surface area (Å²) in [5, 5.41) is 12.4. The van der Waals surface area contributed by atoms with Gasteiger partial charge in [-0.05, 0) is 47.9 Å². The summed E-state index contributed by atoms with van der Waals surface area (Å²) in [6, 6.07) is 15.3. The number of hydrogen-bond acceptors (Lipinski definition) is 4. The summed E-state index contributed by atoms with van der Waals surface area (Å²) in [6.45, 7) is 5.71. The number of fused-ring (bicyclic) bond motifs is 3. The van der Waals surface area contributed by atoms with E-state index in [1.807, 2.05) is 50.2 Å². The quantitative estimate of drug-likeness (QED) is 0.693. The standard InChI is InChI=1S/C26H30N2O5/c1-16(2)22(23(29)28-14-8-13-26(28,3)24(30)31)27-25(32)33-15-21-19-11-6-4-9-17(19)18-10-5-7-12-20(18)21/h4-7,9-12,16,21-22H,8,13-15H2,1-3H3,(H,27,32)(H,30,31)/t22?,26-/m1/s1. The first-order chi connectivity index (χ1) is 15.7. The predicted octanol–water partition coefficient (Wildman–Crippen LogP) is 4.02. The van der Waals surface area contributed by atoms with Gasteiger partial charge in [0.15, 0.2) is 0 Å². The zero-order chi connectivity index (χ0) is 23.8. The summed E-state index contributed by atoms with van der Waals surface area (Å²) in [5.74, 6) is -1.72. The van der Waals surface area contributed by atoms with Gasteiger partial charge in [-0.15, -0.1) is 0 Å². The number of ether oxygens (including phenoxy) is 1. The number of amides is 2. The van der Waals surface area contributed by atoms with Crippen molar-refractivity contribution in [2.75, 3.05) is 13.2 Å². The summed E-state index contributed by atoms with van der Waals surface area (Å²) in [6.07, 6.45) is 0.328. The molecule has 2 aromatic rings. The van der Waals surface area contributed by atoms with Gasteiger partial charge in [-0.25, -0.2) is 9.59 Å². The molecule has 7 heteroatoms. The number of aliphatic carboxylic acids is 1. The van der Waals surface area contributed by atoms with Crippen molar-refractivity contribution in [3.05, 3.63) is 59.7 Å². The molecule has 1 aliphatic heterocycles. The maximum absolute atomic E-state index is 13.2. The fraction of sp³-hybridized carbons (Fsp3) is 0.423. The Bertz CT molecular complexity index is 1040. The molecule has 2 aromatic carbocycles. The maximum atomic E-state index is 13.2. The normalized spacial score (nSPS) is 20.3. The number of carboxylic acid groups (broad SMARTS) is 1. The van der Waals surface area contributed by atoms with Crippen molar-refractivity contribution in [3.8, 4) is 11.1 Å². The number of rotatable bonds is 6. The average molecular weight is 451 g/mol. The zero-order valence-electron chi connectivity index (χ0n) is 19.2. The lowest BCUT2D eigenvalue weighted by atomic mass is 9.96. The Balaban J connectivity index is 1.46. The highest BCUT2D eigenvalue weighted by molar-refractivity contribution is 5.92. The molecule has 2 amide bonds. The molecule has 1 saturated heterocycles. The van der Waals surface area contributed by atoms with Crippen molar-refractivity contribution < 1.29 is 24.2 Å². The molecule has 2 atom stereocenters. The van der Waals surface area contributed by atoms with Crippen molar-refractivity contribution in [3.63, 3.8) is 0 Å². The molecule has 1 unspecified atom stereocenters. The molecule has 1 fully saturated rings. The van der Waals surface area contributed by atoms with Gasteiger partial charge in [0.25, 0.3) is 0 Å². The van der Waals surface area contributed by atoms with Crippen LogP contribution in [0.1, 0.15) is 50.7 Å². The molecule has 0 bridgehead atoms. The Morgan fingerprint density at radius 2 is 1.67 bits per heavy atom. The van der Waals surface area contributed by atoms with Crippen LogP contribution >= 0.6 is 0 Å². The number of alkyl carbamates (subject to hydrolysis) is 1. The molecule has 0 spiro atoms. The number of nitrogens with zero attached hydrogens (tertiary/aromatic N) is 1. The number of hydrogen-bond donors (Lipinski definition) is 2. The Labute approximate surface area is 193 Å². The van der Waals surface area contributed by atoms with E-state index in [9.17, 15) is 19.5 Å². The van der Waals surface area contributed by atoms with Crippen LogP contribution in [0.5, 0.6) is 0 Å². The Kier molecular flexibility index (Phi) is 6.15. The summed E-state index contributed by atoms with van der Waals surface area (Å²) < 4.78 is 5.60. The number of carbonyl (C=O) groups excluding carboxylic acids is 2. The lowest BCUT2D eigenvalue weighted by Crippen LogP contribution is -2.58. The van der Waals surface area contributed by atoms with E-state index in [-0.39, 0.29) is 24.3 Å². The van der Waals surface area contributed by atoms with Crippen molar-refractivity contribution >= 4 is 18.0 Å². The summed E-state index contributed by atoms with van der Waals surface area (Å²) in [4.78, 5) is 39.1. The van der Waals surface area contributed by atoms with Crippen LogP contribution in [0, 0.1) is 5.92 Å². The second kappa shape index (κ2) is 8.89. The van der Waals surface area contributed by atoms with Gasteiger partial charge in [-0.3, -0.25) is 4.79 Å². The highest BCUT2D eigenvalue weighted by Gasteiger charge is 2.48. The second-order valence-corrected chi connectivity index (χ2v) is 9.36. The van der Waals surface area contributed by atoms with Crippen LogP contribution < -0.4 is 5.32 Å². The first-order valence-corrected chi connectivity index (χ1v) is 11.4. The van der Waals surface area contributed by atoms with Gasteiger partial charge in [0.2, 0.25) is 5.91 Å². The van der Waals surface area contributed by atoms with Crippen LogP contribution in [0.2, 0.25) is 0 Å². The Morgan fingerprint density at radius 3 is 2.21 bits per heavy atom. The van der Waals surface area contributed by atoms with E-state index in [4.69, 9.17) is 4.74 Å². The molecular formula is C26H30N2O5. The molecule has 1 aliphatic carbocycles. The number of likely N-dealkylation sites (tertiary alicyclic amines) is 1. The summed E-state index contributed by atoms with van der Waals surface area (Å²) in [5.41, 5.74) is 3.24. The molecule has 0 aromatic heterocycles. The molecule has 174 valence electrons. The average Bonchev–Trinajstić information content (AvgIpc) is 3.34. The number of nitrogens with one attached hydrogen (secondary N) is 1. The zero-order valence-corrected chi connectivity index (χ0v) is 19.2. The first kappa shape index (κ1) is 22.8. The second-order valence-electron chi connectivity index (χ2n) is 9.36. The smallest absolute Gasteiger partial charge is 0.407 e. The lowest BCUT2D eigenvalue weighted by Gasteiger charge is -2.35. The van der Waals surface area contributed by atoms with Crippen molar-refractivity contribution in [1.82, 2.24) is 10.2 Å². The molecule has 2 N–H and O–H groups in total. The molecular weight excluding hydrogens is 420 g/mol. The Hall–Kier alpha value is -3.35. The minimum Gasteiger partial charge on any atom is -0.480 e. The van der Waals surface area contributed by atoms with E-state index in [0.717, 1.165) is 22.3 Å². The SMILES string of the molecule is CC(C)C(NC(=O)OCC1c2ccccc2-c2ccccc21)C(=O)N1CCC[C@]1(C)C(=O)O. The van der Waals surface area contributed by atoms with Crippen molar-refractivity contribution in [2.45, 2.75) is 51.1 Å². The lowest BCUT2D eigenvalue weighted by molar-refractivity contribution is -0.156. The van der Waals surface area contributed by atoms with Gasteiger partial charge in [0, 0.05) is 12.5 Å². The molecule has 0 saturated carbocycles. The van der Waals surface area contributed by atoms with E-state index in [1.165, 1.54) is 4.90 Å². The molecule has 1 heterocycles.